The van der Waals surface area contributed by atoms with Crippen molar-refractivity contribution < 1.29 is 4.79 Å². The van der Waals surface area contributed by atoms with Crippen LogP contribution in [-0.2, 0) is 12.8 Å². The Morgan fingerprint density at radius 1 is 1.36 bits per heavy atom. The molecule has 0 fully saturated rings. The number of rotatable bonds is 5. The number of nitrogens with one attached hydrogen (secondary N) is 2. The maximum Gasteiger partial charge on any atom is 0.251 e. The minimum absolute atomic E-state index is 0.0215. The average molecular weight is 341 g/mol. The lowest BCUT2D eigenvalue weighted by molar-refractivity contribution is 0.0935. The van der Waals surface area contributed by atoms with E-state index in [9.17, 15) is 4.79 Å². The topological polar surface area (TPSA) is 48.1 Å². The molecule has 2 N–H and O–H groups in total. The molecule has 3 rings (SSSR count). The van der Waals surface area contributed by atoms with Gasteiger partial charge in [0.25, 0.3) is 5.91 Å². The van der Waals surface area contributed by atoms with E-state index in [-0.39, 0.29) is 5.91 Å². The number of hydrogen-bond donors (Lipinski definition) is 2. The Hall–Kier alpha value is -1.81. The highest BCUT2D eigenvalue weighted by molar-refractivity contribution is 5.99. The molecule has 1 amide bonds. The number of benzene rings is 1. The number of carbonyl (C=O) groups is 1. The van der Waals surface area contributed by atoms with Crippen LogP contribution in [0.2, 0.25) is 0 Å². The van der Waals surface area contributed by atoms with Crippen molar-refractivity contribution >= 4 is 16.8 Å². The molecule has 1 aromatic carbocycles. The molecule has 0 aliphatic heterocycles. The first-order chi connectivity index (χ1) is 11.9. The lowest BCUT2D eigenvalue weighted by Gasteiger charge is -2.28. The van der Waals surface area contributed by atoms with Gasteiger partial charge in [0.1, 0.15) is 0 Å². The Labute approximate surface area is 151 Å². The number of likely N-dealkylation sites (N-methyl/N-ethyl adjacent to an activating group) is 1. The van der Waals surface area contributed by atoms with Crippen molar-refractivity contribution in [2.75, 3.05) is 20.6 Å². The fourth-order valence-corrected chi connectivity index (χ4v) is 4.05. The number of aryl methyl sites for hydroxylation is 1. The third kappa shape index (κ3) is 3.74. The number of H-pyrrole nitrogens is 1. The van der Waals surface area contributed by atoms with E-state index >= 15 is 0 Å². The summed E-state index contributed by atoms with van der Waals surface area (Å²) in [5.74, 6) is 1.24. The van der Waals surface area contributed by atoms with Crippen LogP contribution in [0, 0.1) is 11.8 Å². The summed E-state index contributed by atoms with van der Waals surface area (Å²) in [6.45, 7) is 7.36. The van der Waals surface area contributed by atoms with Gasteiger partial charge in [-0.3, -0.25) is 4.79 Å². The molecule has 0 saturated carbocycles. The highest BCUT2D eigenvalue weighted by Crippen LogP contribution is 2.32. The van der Waals surface area contributed by atoms with Crippen LogP contribution in [0.25, 0.3) is 10.9 Å². The maximum absolute atomic E-state index is 12.7. The summed E-state index contributed by atoms with van der Waals surface area (Å²) < 4.78 is 0. The third-order valence-corrected chi connectivity index (χ3v) is 5.60. The first-order valence-electron chi connectivity index (χ1n) is 9.45. The van der Waals surface area contributed by atoms with Gasteiger partial charge in [-0.2, -0.15) is 0 Å². The van der Waals surface area contributed by atoms with Crippen LogP contribution in [0.5, 0.6) is 0 Å². The van der Waals surface area contributed by atoms with Gasteiger partial charge in [-0.1, -0.05) is 20.8 Å². The molecular weight excluding hydrogens is 310 g/mol. The molecule has 0 saturated heterocycles. The zero-order chi connectivity index (χ0) is 18.1. The van der Waals surface area contributed by atoms with Crippen molar-refractivity contribution in [3.63, 3.8) is 0 Å². The van der Waals surface area contributed by atoms with E-state index in [1.54, 1.807) is 0 Å². The average Bonchev–Trinajstić information content (AvgIpc) is 2.91. The van der Waals surface area contributed by atoms with Crippen LogP contribution in [-0.4, -0.2) is 42.5 Å². The van der Waals surface area contributed by atoms with Gasteiger partial charge < -0.3 is 15.2 Å². The molecule has 1 aromatic heterocycles. The van der Waals surface area contributed by atoms with Gasteiger partial charge in [0.05, 0.1) is 0 Å². The Kier molecular flexibility index (Phi) is 5.19. The first kappa shape index (κ1) is 18.0. The van der Waals surface area contributed by atoms with Crippen LogP contribution in [0.15, 0.2) is 18.2 Å². The number of fused-ring (bicyclic) bond motifs is 3. The highest BCUT2D eigenvalue weighted by Gasteiger charge is 2.21. The third-order valence-electron chi connectivity index (χ3n) is 5.60. The van der Waals surface area contributed by atoms with Crippen LogP contribution in [0.4, 0.5) is 0 Å². The highest BCUT2D eigenvalue weighted by atomic mass is 16.1. The van der Waals surface area contributed by atoms with Crippen molar-refractivity contribution in [1.82, 2.24) is 15.2 Å². The molecule has 4 nitrogen and oxygen atoms in total. The summed E-state index contributed by atoms with van der Waals surface area (Å²) >= 11 is 0. The number of nitrogens with zero attached hydrogens (tertiary/aromatic N) is 1. The normalized spacial score (nSPS) is 18.6. The van der Waals surface area contributed by atoms with Crippen LogP contribution < -0.4 is 5.32 Å². The summed E-state index contributed by atoms with van der Waals surface area (Å²) in [5.41, 5.74) is 4.69. The summed E-state index contributed by atoms with van der Waals surface area (Å²) in [6, 6.07) is 6.40. The first-order valence-corrected chi connectivity index (χ1v) is 9.45. The fraction of sp³-hybridized carbons (Fsp3) is 0.571. The van der Waals surface area contributed by atoms with E-state index in [0.29, 0.717) is 18.5 Å². The van der Waals surface area contributed by atoms with Crippen LogP contribution in [0.1, 0.15) is 48.8 Å². The van der Waals surface area contributed by atoms with E-state index in [2.05, 4.69) is 62.2 Å². The second-order valence-electron chi connectivity index (χ2n) is 8.18. The van der Waals surface area contributed by atoms with Crippen molar-refractivity contribution in [3.8, 4) is 0 Å². The van der Waals surface area contributed by atoms with Crippen molar-refractivity contribution in [1.29, 1.82) is 0 Å². The lowest BCUT2D eigenvalue weighted by atomic mass is 9.87. The molecule has 1 aliphatic rings. The molecule has 4 heteroatoms. The minimum atomic E-state index is 0.0215. The molecule has 2 aromatic rings. The molecule has 0 bridgehead atoms. The van der Waals surface area contributed by atoms with Crippen molar-refractivity contribution in [2.24, 2.45) is 11.8 Å². The monoisotopic (exact) mass is 341 g/mol. The van der Waals surface area contributed by atoms with E-state index in [0.717, 1.165) is 29.8 Å². The largest absolute Gasteiger partial charge is 0.358 e. The quantitative estimate of drug-likeness (QED) is 0.873. The van der Waals surface area contributed by atoms with E-state index in [4.69, 9.17) is 0 Å². The summed E-state index contributed by atoms with van der Waals surface area (Å²) in [7, 11) is 4.13. The minimum Gasteiger partial charge on any atom is -0.358 e. The van der Waals surface area contributed by atoms with E-state index in [1.165, 1.54) is 23.1 Å². The Morgan fingerprint density at radius 3 is 2.80 bits per heavy atom. The van der Waals surface area contributed by atoms with Gasteiger partial charge in [0, 0.05) is 34.7 Å². The molecule has 0 radical (unpaired) electrons. The number of aromatic amines is 1. The van der Waals surface area contributed by atoms with E-state index in [1.807, 2.05) is 6.07 Å². The molecule has 2 atom stereocenters. The summed E-state index contributed by atoms with van der Waals surface area (Å²) in [5, 5.41) is 4.34. The van der Waals surface area contributed by atoms with Crippen molar-refractivity contribution in [2.45, 2.75) is 46.1 Å². The molecule has 136 valence electrons. The van der Waals surface area contributed by atoms with Gasteiger partial charge in [0.15, 0.2) is 0 Å². The predicted molar refractivity (Wildman–Crippen MR) is 104 cm³/mol. The Balaban J connectivity index is 1.79. The van der Waals surface area contributed by atoms with Crippen LogP contribution >= 0.6 is 0 Å². The lowest BCUT2D eigenvalue weighted by Crippen LogP contribution is -2.43. The van der Waals surface area contributed by atoms with Gasteiger partial charge in [-0.05, 0) is 69.0 Å². The Bertz CT molecular complexity index is 752. The second kappa shape index (κ2) is 7.20. The molecule has 1 aliphatic carbocycles. The molecular formula is C21H31N3O. The molecule has 25 heavy (non-hydrogen) atoms. The second-order valence-corrected chi connectivity index (χ2v) is 8.18. The zero-order valence-electron chi connectivity index (χ0n) is 16.1. The van der Waals surface area contributed by atoms with E-state index < -0.39 is 0 Å². The number of hydrogen-bond acceptors (Lipinski definition) is 2. The maximum atomic E-state index is 12.7. The molecule has 1 heterocycles. The number of amides is 1. The summed E-state index contributed by atoms with van der Waals surface area (Å²) in [4.78, 5) is 18.4. The number of aromatic nitrogens is 1. The summed E-state index contributed by atoms with van der Waals surface area (Å²) in [6.07, 6.45) is 3.47. The predicted octanol–water partition coefficient (Wildman–Crippen LogP) is 3.61. The Morgan fingerprint density at radius 2 is 2.12 bits per heavy atom. The smallest absolute Gasteiger partial charge is 0.251 e. The van der Waals surface area contributed by atoms with Gasteiger partial charge >= 0.3 is 0 Å². The standard InChI is InChI=1S/C21H31N3O/c1-13(2)20(24(4)5)12-22-21(25)15-7-9-19-17(11-15)16-10-14(3)6-8-18(16)23-19/h7,9,11,13-14,20,23H,6,8,10,12H2,1-5H3,(H,22,25)/t14-,20-/m1/s1. The van der Waals surface area contributed by atoms with Gasteiger partial charge in [0.2, 0.25) is 0 Å². The SMILES string of the molecule is CC(C)[C@@H](CNC(=O)c1ccc2[nH]c3c(c2c1)C[C@H](C)CC3)N(C)C. The van der Waals surface area contributed by atoms with Crippen molar-refractivity contribution in [3.05, 3.63) is 35.0 Å². The van der Waals surface area contributed by atoms with Crippen LogP contribution in [0.3, 0.4) is 0 Å². The van der Waals surface area contributed by atoms with Gasteiger partial charge in [-0.15, -0.1) is 0 Å². The van der Waals surface area contributed by atoms with Gasteiger partial charge in [-0.25, -0.2) is 0 Å². The fourth-order valence-electron chi connectivity index (χ4n) is 4.05. The molecule has 0 spiro atoms. The zero-order valence-corrected chi connectivity index (χ0v) is 16.1. The number of carbonyl (C=O) groups excluding carboxylic acids is 1. The molecule has 0 unspecified atom stereocenters.